The second kappa shape index (κ2) is 6.89. The third-order valence-corrected chi connectivity index (χ3v) is 3.70. The van der Waals surface area contributed by atoms with Crippen molar-refractivity contribution in [3.8, 4) is 0 Å². The normalized spacial score (nSPS) is 20.7. The molecule has 1 aliphatic rings. The van der Waals surface area contributed by atoms with Gasteiger partial charge in [0.25, 0.3) is 0 Å². The lowest BCUT2D eigenvalue weighted by molar-refractivity contribution is -0.126. The summed E-state index contributed by atoms with van der Waals surface area (Å²) in [4.78, 5) is 12.0. The van der Waals surface area contributed by atoms with Gasteiger partial charge in [-0.3, -0.25) is 4.79 Å². The Labute approximate surface area is 99.2 Å². The smallest absolute Gasteiger partial charge is 0.223 e. The number of carbonyl (C=O) groups is 1. The maximum Gasteiger partial charge on any atom is 0.223 e. The molecule has 0 bridgehead atoms. The summed E-state index contributed by atoms with van der Waals surface area (Å²) >= 11 is 0. The zero-order chi connectivity index (χ0) is 12.0. The number of amides is 1. The Balaban J connectivity index is 2.36. The summed E-state index contributed by atoms with van der Waals surface area (Å²) < 4.78 is 0. The molecule has 94 valence electrons. The maximum absolute atomic E-state index is 12.0. The van der Waals surface area contributed by atoms with Crippen LogP contribution in [-0.2, 0) is 4.79 Å². The Kier molecular flexibility index (Phi) is 5.81. The van der Waals surface area contributed by atoms with Crippen LogP contribution in [0, 0.1) is 11.8 Å². The second-order valence-electron chi connectivity index (χ2n) is 5.14. The zero-order valence-corrected chi connectivity index (χ0v) is 10.7. The largest absolute Gasteiger partial charge is 0.352 e. The van der Waals surface area contributed by atoms with Crippen molar-refractivity contribution in [3.63, 3.8) is 0 Å². The highest BCUT2D eigenvalue weighted by molar-refractivity contribution is 5.78. The van der Waals surface area contributed by atoms with Crippen LogP contribution in [0.3, 0.4) is 0 Å². The number of rotatable bonds is 6. The van der Waals surface area contributed by atoms with E-state index < -0.39 is 0 Å². The zero-order valence-electron chi connectivity index (χ0n) is 10.7. The van der Waals surface area contributed by atoms with Gasteiger partial charge >= 0.3 is 0 Å². The van der Waals surface area contributed by atoms with Gasteiger partial charge in [0.2, 0.25) is 5.91 Å². The summed E-state index contributed by atoms with van der Waals surface area (Å²) in [5.74, 6) is 1.17. The molecule has 0 aliphatic heterocycles. The van der Waals surface area contributed by atoms with Crippen LogP contribution < -0.4 is 11.1 Å². The highest BCUT2D eigenvalue weighted by atomic mass is 16.1. The second-order valence-corrected chi connectivity index (χ2v) is 5.14. The number of nitrogens with two attached hydrogens (primary N) is 1. The van der Waals surface area contributed by atoms with Crippen LogP contribution in [0.25, 0.3) is 0 Å². The first-order valence-electron chi connectivity index (χ1n) is 6.67. The minimum Gasteiger partial charge on any atom is -0.352 e. The van der Waals surface area contributed by atoms with E-state index in [2.05, 4.69) is 12.2 Å². The predicted molar refractivity (Wildman–Crippen MR) is 67.0 cm³/mol. The van der Waals surface area contributed by atoms with Gasteiger partial charge in [-0.15, -0.1) is 0 Å². The summed E-state index contributed by atoms with van der Waals surface area (Å²) in [5.41, 5.74) is 5.51. The van der Waals surface area contributed by atoms with E-state index in [9.17, 15) is 4.79 Å². The van der Waals surface area contributed by atoms with Gasteiger partial charge in [-0.25, -0.2) is 0 Å². The molecule has 16 heavy (non-hydrogen) atoms. The molecule has 3 heteroatoms. The Morgan fingerprint density at radius 2 is 2.06 bits per heavy atom. The van der Waals surface area contributed by atoms with E-state index in [1.165, 1.54) is 25.7 Å². The Hall–Kier alpha value is -0.570. The summed E-state index contributed by atoms with van der Waals surface area (Å²) in [6.07, 6.45) is 7.34. The van der Waals surface area contributed by atoms with Gasteiger partial charge in [-0.2, -0.15) is 0 Å². The number of carbonyl (C=O) groups excluding carboxylic acids is 1. The first kappa shape index (κ1) is 13.5. The molecule has 3 N–H and O–H groups in total. The van der Waals surface area contributed by atoms with Crippen molar-refractivity contribution in [2.75, 3.05) is 6.54 Å². The average Bonchev–Trinajstić information content (AvgIpc) is 2.78. The Bertz CT molecular complexity index is 212. The van der Waals surface area contributed by atoms with Crippen LogP contribution in [0.15, 0.2) is 0 Å². The molecule has 0 spiro atoms. The van der Waals surface area contributed by atoms with Crippen LogP contribution >= 0.6 is 0 Å². The van der Waals surface area contributed by atoms with Crippen molar-refractivity contribution in [1.82, 2.24) is 5.32 Å². The summed E-state index contributed by atoms with van der Waals surface area (Å²) in [5, 5.41) is 2.99. The molecule has 3 nitrogen and oxygen atoms in total. The summed E-state index contributed by atoms with van der Waals surface area (Å²) in [7, 11) is 0. The first-order valence-corrected chi connectivity index (χ1v) is 6.67. The highest BCUT2D eigenvalue weighted by Gasteiger charge is 2.24. The van der Waals surface area contributed by atoms with Gasteiger partial charge in [-0.1, -0.05) is 32.6 Å². The molecular formula is C13H26N2O. The first-order chi connectivity index (χ1) is 7.67. The lowest BCUT2D eigenvalue weighted by Crippen LogP contribution is -2.41. The van der Waals surface area contributed by atoms with Crippen molar-refractivity contribution < 1.29 is 4.79 Å². The SMILES string of the molecule is CCC(CC1CCCC1)C(=O)N[C@@H](C)CN. The molecular weight excluding hydrogens is 200 g/mol. The van der Waals surface area contributed by atoms with E-state index in [-0.39, 0.29) is 17.9 Å². The maximum atomic E-state index is 12.0. The topological polar surface area (TPSA) is 55.1 Å². The number of nitrogens with one attached hydrogen (secondary N) is 1. The Morgan fingerprint density at radius 3 is 2.56 bits per heavy atom. The molecule has 1 aliphatic carbocycles. The van der Waals surface area contributed by atoms with Crippen LogP contribution in [0.5, 0.6) is 0 Å². The summed E-state index contributed by atoms with van der Waals surface area (Å²) in [6.45, 7) is 4.58. The fraction of sp³-hybridized carbons (Fsp3) is 0.923. The van der Waals surface area contributed by atoms with Crippen molar-refractivity contribution >= 4 is 5.91 Å². The van der Waals surface area contributed by atoms with E-state index in [4.69, 9.17) is 5.73 Å². The standard InChI is InChI=1S/C13H26N2O/c1-3-12(8-11-6-4-5-7-11)13(16)15-10(2)9-14/h10-12H,3-9,14H2,1-2H3,(H,15,16)/t10-,12?/m0/s1. The van der Waals surface area contributed by atoms with E-state index in [0.29, 0.717) is 6.54 Å². The van der Waals surface area contributed by atoms with Crippen molar-refractivity contribution in [1.29, 1.82) is 0 Å². The minimum atomic E-state index is 0.102. The molecule has 1 fully saturated rings. The minimum absolute atomic E-state index is 0.102. The molecule has 0 aromatic rings. The van der Waals surface area contributed by atoms with Gasteiger partial charge in [0.1, 0.15) is 0 Å². The van der Waals surface area contributed by atoms with Crippen LogP contribution in [-0.4, -0.2) is 18.5 Å². The molecule has 1 amide bonds. The van der Waals surface area contributed by atoms with Crippen molar-refractivity contribution in [2.45, 2.75) is 58.4 Å². The lowest BCUT2D eigenvalue weighted by Gasteiger charge is -2.20. The third kappa shape index (κ3) is 4.12. The fourth-order valence-electron chi connectivity index (χ4n) is 2.53. The molecule has 0 aromatic heterocycles. The molecule has 1 unspecified atom stereocenters. The van der Waals surface area contributed by atoms with Crippen LogP contribution in [0.2, 0.25) is 0 Å². The molecule has 1 saturated carbocycles. The molecule has 1 rings (SSSR count). The van der Waals surface area contributed by atoms with E-state index in [1.54, 1.807) is 0 Å². The fourth-order valence-corrected chi connectivity index (χ4v) is 2.53. The van der Waals surface area contributed by atoms with Gasteiger partial charge < -0.3 is 11.1 Å². The number of hydrogen-bond acceptors (Lipinski definition) is 2. The Morgan fingerprint density at radius 1 is 1.44 bits per heavy atom. The van der Waals surface area contributed by atoms with Crippen molar-refractivity contribution in [3.05, 3.63) is 0 Å². The van der Waals surface area contributed by atoms with E-state index in [1.807, 2.05) is 6.92 Å². The molecule has 0 aromatic carbocycles. The predicted octanol–water partition coefficient (Wildman–Crippen LogP) is 2.06. The molecule has 0 heterocycles. The monoisotopic (exact) mass is 226 g/mol. The van der Waals surface area contributed by atoms with E-state index in [0.717, 1.165) is 18.8 Å². The average molecular weight is 226 g/mol. The van der Waals surface area contributed by atoms with Crippen LogP contribution in [0.1, 0.15) is 52.4 Å². The molecule has 0 radical (unpaired) electrons. The van der Waals surface area contributed by atoms with Gasteiger partial charge in [-0.05, 0) is 25.7 Å². The summed E-state index contributed by atoms with van der Waals surface area (Å²) in [6, 6.07) is 0.102. The van der Waals surface area contributed by atoms with Crippen molar-refractivity contribution in [2.24, 2.45) is 17.6 Å². The van der Waals surface area contributed by atoms with Gasteiger partial charge in [0, 0.05) is 18.5 Å². The lowest BCUT2D eigenvalue weighted by atomic mass is 9.90. The third-order valence-electron chi connectivity index (χ3n) is 3.70. The molecule has 2 atom stereocenters. The van der Waals surface area contributed by atoms with Gasteiger partial charge in [0.05, 0.1) is 0 Å². The quantitative estimate of drug-likeness (QED) is 0.728. The number of hydrogen-bond donors (Lipinski definition) is 2. The van der Waals surface area contributed by atoms with Crippen LogP contribution in [0.4, 0.5) is 0 Å². The highest BCUT2D eigenvalue weighted by Crippen LogP contribution is 2.31. The molecule has 0 saturated heterocycles. The van der Waals surface area contributed by atoms with E-state index >= 15 is 0 Å². The van der Waals surface area contributed by atoms with Gasteiger partial charge in [0.15, 0.2) is 0 Å².